The molecular weight excluding hydrogens is 154 g/mol. The molecule has 0 radical (unpaired) electrons. The minimum absolute atomic E-state index is 0.188. The summed E-state index contributed by atoms with van der Waals surface area (Å²) >= 11 is 0. The first-order valence-electron chi connectivity index (χ1n) is 4.33. The largest absolute Gasteiger partial charge is 0.348 e. The molecule has 0 N–H and O–H groups in total. The molecule has 0 saturated carbocycles. The Bertz CT molecular complexity index is 183. The molecule has 3 nitrogen and oxygen atoms in total. The van der Waals surface area contributed by atoms with E-state index in [1.165, 1.54) is 0 Å². The van der Waals surface area contributed by atoms with Crippen LogP contribution in [-0.2, 0) is 9.47 Å². The molecule has 1 atom stereocenters. The molecule has 1 fully saturated rings. The number of hydrogen-bond acceptors (Lipinski definition) is 3. The Balaban J connectivity index is 2.16. The van der Waals surface area contributed by atoms with Crippen molar-refractivity contribution in [3.8, 4) is 6.07 Å². The Hall–Kier alpha value is -0.590. The Morgan fingerprint density at radius 1 is 1.58 bits per heavy atom. The zero-order chi connectivity index (χ0) is 9.03. The summed E-state index contributed by atoms with van der Waals surface area (Å²) in [6.07, 6.45) is 2.63. The fourth-order valence-corrected chi connectivity index (χ4v) is 1.31. The Morgan fingerprint density at radius 3 is 2.83 bits per heavy atom. The van der Waals surface area contributed by atoms with Gasteiger partial charge in [0.25, 0.3) is 0 Å². The number of nitrogens with zero attached hydrogens (tertiary/aromatic N) is 1. The molecule has 1 aliphatic heterocycles. The zero-order valence-electron chi connectivity index (χ0n) is 7.67. The maximum absolute atomic E-state index is 8.32. The van der Waals surface area contributed by atoms with Crippen LogP contribution in [0.3, 0.4) is 0 Å². The lowest BCUT2D eigenvalue weighted by Gasteiger charge is -2.16. The van der Waals surface area contributed by atoms with E-state index in [1.807, 2.05) is 13.8 Å². The van der Waals surface area contributed by atoms with E-state index in [9.17, 15) is 0 Å². The molecule has 1 heterocycles. The molecule has 1 aliphatic rings. The fourth-order valence-electron chi connectivity index (χ4n) is 1.31. The first kappa shape index (κ1) is 9.50. The summed E-state index contributed by atoms with van der Waals surface area (Å²) in [5.41, 5.74) is 0. The molecule has 0 amide bonds. The van der Waals surface area contributed by atoms with Crippen LogP contribution >= 0.6 is 0 Å². The van der Waals surface area contributed by atoms with Gasteiger partial charge in [-0.3, -0.25) is 0 Å². The molecule has 68 valence electrons. The second-order valence-electron chi connectivity index (χ2n) is 3.50. The van der Waals surface area contributed by atoms with Gasteiger partial charge in [-0.2, -0.15) is 5.26 Å². The molecule has 0 aliphatic carbocycles. The van der Waals surface area contributed by atoms with Gasteiger partial charge < -0.3 is 9.47 Å². The predicted octanol–water partition coefficient (Wildman–Crippen LogP) is 1.83. The van der Waals surface area contributed by atoms with Gasteiger partial charge in [0.2, 0.25) is 0 Å². The number of nitriles is 1. The summed E-state index contributed by atoms with van der Waals surface area (Å²) in [5, 5.41) is 8.32. The molecule has 0 aromatic carbocycles. The smallest absolute Gasteiger partial charge is 0.163 e. The van der Waals surface area contributed by atoms with Crippen molar-refractivity contribution < 1.29 is 9.47 Å². The van der Waals surface area contributed by atoms with Crippen LogP contribution in [0.2, 0.25) is 0 Å². The molecular formula is C9H15NO2. The third-order valence-electron chi connectivity index (χ3n) is 1.88. The van der Waals surface area contributed by atoms with Gasteiger partial charge in [-0.1, -0.05) is 0 Å². The van der Waals surface area contributed by atoms with Gasteiger partial charge >= 0.3 is 0 Å². The van der Waals surface area contributed by atoms with E-state index in [-0.39, 0.29) is 6.10 Å². The summed E-state index contributed by atoms with van der Waals surface area (Å²) in [4.78, 5) is 0. The number of ether oxygens (including phenoxy) is 2. The Labute approximate surface area is 73.3 Å². The number of rotatable bonds is 3. The molecule has 0 unspecified atom stereocenters. The van der Waals surface area contributed by atoms with Gasteiger partial charge in [-0.25, -0.2) is 0 Å². The maximum atomic E-state index is 8.32. The van der Waals surface area contributed by atoms with E-state index in [0.717, 1.165) is 12.8 Å². The summed E-state index contributed by atoms with van der Waals surface area (Å²) < 4.78 is 10.9. The van der Waals surface area contributed by atoms with E-state index in [2.05, 4.69) is 6.07 Å². The minimum Gasteiger partial charge on any atom is -0.348 e. The molecule has 3 heteroatoms. The first-order valence-corrected chi connectivity index (χ1v) is 4.33. The van der Waals surface area contributed by atoms with Crippen LogP contribution in [0.15, 0.2) is 0 Å². The molecule has 1 rings (SSSR count). The van der Waals surface area contributed by atoms with E-state index in [0.29, 0.717) is 13.0 Å². The van der Waals surface area contributed by atoms with Crippen molar-refractivity contribution in [3.63, 3.8) is 0 Å². The second-order valence-corrected chi connectivity index (χ2v) is 3.50. The number of unbranched alkanes of at least 4 members (excludes halogenated alkanes) is 1. The topological polar surface area (TPSA) is 42.2 Å². The third-order valence-corrected chi connectivity index (χ3v) is 1.88. The van der Waals surface area contributed by atoms with Crippen molar-refractivity contribution in [1.82, 2.24) is 0 Å². The average Bonchev–Trinajstić information content (AvgIpc) is 2.31. The van der Waals surface area contributed by atoms with Crippen LogP contribution in [0.25, 0.3) is 0 Å². The van der Waals surface area contributed by atoms with Crippen LogP contribution in [0.4, 0.5) is 0 Å². The van der Waals surface area contributed by atoms with Crippen molar-refractivity contribution in [1.29, 1.82) is 5.26 Å². The van der Waals surface area contributed by atoms with Gasteiger partial charge in [0.05, 0.1) is 18.8 Å². The summed E-state index contributed by atoms with van der Waals surface area (Å²) in [5.74, 6) is -0.419. The first-order chi connectivity index (χ1) is 5.64. The third kappa shape index (κ3) is 2.80. The standard InChI is InChI=1S/C9H15NO2/c1-9(2)11-7-8(12-9)5-3-4-6-10/h8H,3-5,7H2,1-2H3/t8-/m1/s1. The van der Waals surface area contributed by atoms with Crippen molar-refractivity contribution in [2.45, 2.75) is 45.0 Å². The quantitative estimate of drug-likeness (QED) is 0.605. The SMILES string of the molecule is CC1(C)OC[C@@H](CCCC#N)O1. The van der Waals surface area contributed by atoms with Crippen LogP contribution < -0.4 is 0 Å². The van der Waals surface area contributed by atoms with Crippen LogP contribution in [-0.4, -0.2) is 18.5 Å². The number of hydrogen-bond donors (Lipinski definition) is 0. The Morgan fingerprint density at radius 2 is 2.33 bits per heavy atom. The van der Waals surface area contributed by atoms with E-state index in [1.54, 1.807) is 0 Å². The molecule has 0 aromatic rings. The lowest BCUT2D eigenvalue weighted by Crippen LogP contribution is -2.21. The highest BCUT2D eigenvalue weighted by molar-refractivity contribution is 4.74. The highest BCUT2D eigenvalue weighted by Crippen LogP contribution is 2.24. The summed E-state index contributed by atoms with van der Waals surface area (Å²) in [6, 6.07) is 2.12. The lowest BCUT2D eigenvalue weighted by atomic mass is 10.2. The van der Waals surface area contributed by atoms with E-state index >= 15 is 0 Å². The van der Waals surface area contributed by atoms with Crippen molar-refractivity contribution >= 4 is 0 Å². The predicted molar refractivity (Wildman–Crippen MR) is 44.4 cm³/mol. The summed E-state index contributed by atoms with van der Waals surface area (Å²) in [7, 11) is 0. The second kappa shape index (κ2) is 3.88. The van der Waals surface area contributed by atoms with Gasteiger partial charge in [-0.05, 0) is 26.7 Å². The monoisotopic (exact) mass is 169 g/mol. The molecule has 1 saturated heterocycles. The normalized spacial score (nSPS) is 26.9. The van der Waals surface area contributed by atoms with Gasteiger partial charge in [0.15, 0.2) is 5.79 Å². The molecule has 0 aromatic heterocycles. The minimum atomic E-state index is -0.419. The summed E-state index contributed by atoms with van der Waals surface area (Å²) in [6.45, 7) is 4.49. The molecule has 0 bridgehead atoms. The molecule has 12 heavy (non-hydrogen) atoms. The maximum Gasteiger partial charge on any atom is 0.163 e. The van der Waals surface area contributed by atoms with E-state index in [4.69, 9.17) is 14.7 Å². The zero-order valence-corrected chi connectivity index (χ0v) is 7.67. The van der Waals surface area contributed by atoms with Gasteiger partial charge in [-0.15, -0.1) is 0 Å². The fraction of sp³-hybridized carbons (Fsp3) is 0.889. The lowest BCUT2D eigenvalue weighted by molar-refractivity contribution is -0.139. The van der Waals surface area contributed by atoms with Gasteiger partial charge in [0, 0.05) is 6.42 Å². The van der Waals surface area contributed by atoms with Gasteiger partial charge in [0.1, 0.15) is 0 Å². The van der Waals surface area contributed by atoms with Crippen LogP contribution in [0.5, 0.6) is 0 Å². The van der Waals surface area contributed by atoms with Crippen LogP contribution in [0, 0.1) is 11.3 Å². The average molecular weight is 169 g/mol. The van der Waals surface area contributed by atoms with Crippen molar-refractivity contribution in [3.05, 3.63) is 0 Å². The van der Waals surface area contributed by atoms with E-state index < -0.39 is 5.79 Å². The highest BCUT2D eigenvalue weighted by atomic mass is 16.7. The van der Waals surface area contributed by atoms with Crippen molar-refractivity contribution in [2.24, 2.45) is 0 Å². The molecule has 0 spiro atoms. The Kier molecular flexibility index (Phi) is 3.07. The highest BCUT2D eigenvalue weighted by Gasteiger charge is 2.31. The van der Waals surface area contributed by atoms with Crippen molar-refractivity contribution in [2.75, 3.05) is 6.61 Å². The van der Waals surface area contributed by atoms with Crippen LogP contribution in [0.1, 0.15) is 33.1 Å².